The van der Waals surface area contributed by atoms with Crippen LogP contribution in [0.4, 0.5) is 0 Å². The van der Waals surface area contributed by atoms with Crippen LogP contribution in [-0.2, 0) is 14.4 Å². The monoisotopic (exact) mass is 206 g/mol. The van der Waals surface area contributed by atoms with Crippen LogP contribution in [0.25, 0.3) is 0 Å². The molecule has 0 saturated carbocycles. The van der Waals surface area contributed by atoms with Crippen molar-refractivity contribution in [1.82, 2.24) is 0 Å². The molecule has 0 spiro atoms. The maximum absolute atomic E-state index is 8.79. The maximum atomic E-state index is 8.79. The van der Waals surface area contributed by atoms with Gasteiger partial charge in [0.05, 0.1) is 0 Å². The Morgan fingerprint density at radius 2 is 1.57 bits per heavy atom. The Morgan fingerprint density at radius 3 is 1.93 bits per heavy atom. The van der Waals surface area contributed by atoms with E-state index in [4.69, 9.17) is 14.7 Å². The molecule has 14 heavy (non-hydrogen) atoms. The Labute approximate surface area is 86.1 Å². The molecular formula is C10H22O4. The lowest BCUT2D eigenvalue weighted by atomic mass is 10.2. The van der Waals surface area contributed by atoms with E-state index in [1.165, 1.54) is 0 Å². The molecule has 0 fully saturated rings. The quantitative estimate of drug-likeness (QED) is 0.273. The molecule has 0 aliphatic rings. The summed E-state index contributed by atoms with van der Waals surface area (Å²) < 4.78 is 10.5. The first-order valence-corrected chi connectivity index (χ1v) is 5.35. The van der Waals surface area contributed by atoms with Crippen molar-refractivity contribution in [2.45, 2.75) is 52.4 Å². The molecule has 0 bridgehead atoms. The van der Waals surface area contributed by atoms with Crippen molar-refractivity contribution in [3.63, 3.8) is 0 Å². The number of unbranched alkanes of at least 4 members (excludes halogenated alkanes) is 2. The van der Waals surface area contributed by atoms with E-state index in [0.29, 0.717) is 19.6 Å². The summed E-state index contributed by atoms with van der Waals surface area (Å²) in [5.41, 5.74) is 0. The Kier molecular flexibility index (Phi) is 8.08. The van der Waals surface area contributed by atoms with Gasteiger partial charge in [-0.1, -0.05) is 19.8 Å². The predicted octanol–water partition coefficient (Wildman–Crippen LogP) is 2.78. The van der Waals surface area contributed by atoms with E-state index in [0.717, 1.165) is 19.3 Å². The summed E-state index contributed by atoms with van der Waals surface area (Å²) in [6, 6.07) is 0. The third kappa shape index (κ3) is 4.91. The van der Waals surface area contributed by atoms with Gasteiger partial charge in [0, 0.05) is 19.6 Å². The normalized spacial score (nSPS) is 12.0. The summed E-state index contributed by atoms with van der Waals surface area (Å²) in [7, 11) is 0. The second-order valence-corrected chi connectivity index (χ2v) is 3.10. The molecule has 86 valence electrons. The Balaban J connectivity index is 4.03. The van der Waals surface area contributed by atoms with Crippen molar-refractivity contribution in [2.75, 3.05) is 13.2 Å². The maximum Gasteiger partial charge on any atom is 0.311 e. The second kappa shape index (κ2) is 8.17. The minimum Gasteiger partial charge on any atom is -0.326 e. The fourth-order valence-corrected chi connectivity index (χ4v) is 1.32. The van der Waals surface area contributed by atoms with Gasteiger partial charge in [0.15, 0.2) is 0 Å². The average Bonchev–Trinajstić information content (AvgIpc) is 2.19. The number of hydrogen-bond acceptors (Lipinski definition) is 4. The van der Waals surface area contributed by atoms with Crippen LogP contribution in [0.3, 0.4) is 0 Å². The molecule has 4 heteroatoms. The van der Waals surface area contributed by atoms with Crippen molar-refractivity contribution in [3.8, 4) is 0 Å². The third-order valence-corrected chi connectivity index (χ3v) is 1.95. The molecule has 1 N–H and O–H groups in total. The van der Waals surface area contributed by atoms with Crippen LogP contribution in [0.2, 0.25) is 0 Å². The molecular weight excluding hydrogens is 184 g/mol. The molecule has 0 aliphatic heterocycles. The van der Waals surface area contributed by atoms with Crippen LogP contribution < -0.4 is 0 Å². The molecule has 0 aromatic carbocycles. The first kappa shape index (κ1) is 13.8. The zero-order chi connectivity index (χ0) is 10.9. The summed E-state index contributed by atoms with van der Waals surface area (Å²) in [6.07, 6.45) is 3.65. The van der Waals surface area contributed by atoms with E-state index in [-0.39, 0.29) is 0 Å². The fourth-order valence-electron chi connectivity index (χ4n) is 1.32. The largest absolute Gasteiger partial charge is 0.326 e. The predicted molar refractivity (Wildman–Crippen MR) is 53.8 cm³/mol. The zero-order valence-electron chi connectivity index (χ0n) is 9.41. The van der Waals surface area contributed by atoms with Crippen LogP contribution in [0.1, 0.15) is 46.5 Å². The number of rotatable bonds is 9. The molecule has 0 atom stereocenters. The molecule has 0 aromatic heterocycles. The van der Waals surface area contributed by atoms with Gasteiger partial charge in [-0.15, -0.1) is 0 Å². The van der Waals surface area contributed by atoms with Crippen molar-refractivity contribution >= 4 is 0 Å². The highest BCUT2D eigenvalue weighted by atomic mass is 17.2. The minimum atomic E-state index is -1.25. The van der Waals surface area contributed by atoms with E-state index in [9.17, 15) is 0 Å². The van der Waals surface area contributed by atoms with E-state index < -0.39 is 5.97 Å². The van der Waals surface area contributed by atoms with Gasteiger partial charge in [-0.3, -0.25) is 0 Å². The highest BCUT2D eigenvalue weighted by molar-refractivity contribution is 4.56. The topological polar surface area (TPSA) is 47.9 Å². The van der Waals surface area contributed by atoms with Crippen LogP contribution in [-0.4, -0.2) is 24.4 Å². The van der Waals surface area contributed by atoms with Crippen LogP contribution >= 0.6 is 0 Å². The SMILES string of the molecule is CCCCCC(OO)(OCC)OCC. The van der Waals surface area contributed by atoms with E-state index in [2.05, 4.69) is 11.8 Å². The van der Waals surface area contributed by atoms with E-state index >= 15 is 0 Å². The second-order valence-electron chi connectivity index (χ2n) is 3.10. The lowest BCUT2D eigenvalue weighted by molar-refractivity contribution is -0.492. The molecule has 0 heterocycles. The highest BCUT2D eigenvalue weighted by Crippen LogP contribution is 2.22. The van der Waals surface area contributed by atoms with Gasteiger partial charge in [0.1, 0.15) is 0 Å². The first-order valence-electron chi connectivity index (χ1n) is 5.35. The highest BCUT2D eigenvalue weighted by Gasteiger charge is 2.32. The Morgan fingerprint density at radius 1 is 1.00 bits per heavy atom. The van der Waals surface area contributed by atoms with Crippen LogP contribution in [0, 0.1) is 0 Å². The van der Waals surface area contributed by atoms with E-state index in [1.807, 2.05) is 13.8 Å². The van der Waals surface area contributed by atoms with Crippen molar-refractivity contribution in [2.24, 2.45) is 0 Å². The number of ether oxygens (including phenoxy) is 2. The van der Waals surface area contributed by atoms with Gasteiger partial charge >= 0.3 is 5.97 Å². The van der Waals surface area contributed by atoms with Gasteiger partial charge < -0.3 is 9.47 Å². The summed E-state index contributed by atoms with van der Waals surface area (Å²) in [5.74, 6) is -1.25. The number of hydrogen-bond donors (Lipinski definition) is 1. The summed E-state index contributed by atoms with van der Waals surface area (Å²) >= 11 is 0. The van der Waals surface area contributed by atoms with Gasteiger partial charge in [-0.2, -0.15) is 4.89 Å². The van der Waals surface area contributed by atoms with Gasteiger partial charge in [0.2, 0.25) is 0 Å². The van der Waals surface area contributed by atoms with Crippen molar-refractivity contribution in [1.29, 1.82) is 0 Å². The molecule has 4 nitrogen and oxygen atoms in total. The van der Waals surface area contributed by atoms with Gasteiger partial charge in [-0.05, 0) is 20.3 Å². The molecule has 0 aliphatic carbocycles. The van der Waals surface area contributed by atoms with Crippen molar-refractivity contribution < 1.29 is 19.6 Å². The Bertz CT molecular complexity index is 121. The van der Waals surface area contributed by atoms with E-state index in [1.54, 1.807) is 0 Å². The Hall–Kier alpha value is -0.160. The standard InChI is InChI=1S/C10H22O4/c1-4-7-8-9-10(14-11,12-5-2)13-6-3/h11H,4-9H2,1-3H3. The lowest BCUT2D eigenvalue weighted by Crippen LogP contribution is -2.38. The summed E-state index contributed by atoms with van der Waals surface area (Å²) in [4.78, 5) is 4.32. The van der Waals surface area contributed by atoms with Gasteiger partial charge in [-0.25, -0.2) is 5.26 Å². The fraction of sp³-hybridized carbons (Fsp3) is 1.00. The average molecular weight is 206 g/mol. The molecule has 0 rings (SSSR count). The lowest BCUT2D eigenvalue weighted by Gasteiger charge is -2.29. The molecule has 0 amide bonds. The molecule has 0 saturated heterocycles. The van der Waals surface area contributed by atoms with Gasteiger partial charge in [0.25, 0.3) is 0 Å². The molecule has 0 unspecified atom stereocenters. The zero-order valence-corrected chi connectivity index (χ0v) is 9.41. The van der Waals surface area contributed by atoms with Crippen LogP contribution in [0.5, 0.6) is 0 Å². The van der Waals surface area contributed by atoms with Crippen molar-refractivity contribution in [3.05, 3.63) is 0 Å². The third-order valence-electron chi connectivity index (χ3n) is 1.95. The minimum absolute atomic E-state index is 0.451. The summed E-state index contributed by atoms with van der Waals surface area (Å²) in [5, 5.41) is 8.79. The van der Waals surface area contributed by atoms with Crippen LogP contribution in [0.15, 0.2) is 0 Å². The first-order chi connectivity index (χ1) is 6.74. The molecule has 0 aromatic rings. The molecule has 0 radical (unpaired) electrons. The summed E-state index contributed by atoms with van der Waals surface area (Å²) in [6.45, 7) is 6.70. The smallest absolute Gasteiger partial charge is 0.311 e.